The highest BCUT2D eigenvalue weighted by atomic mass is 79.9. The molecule has 3 N–H and O–H groups in total. The lowest BCUT2D eigenvalue weighted by atomic mass is 10.0. The summed E-state index contributed by atoms with van der Waals surface area (Å²) in [5, 5.41) is 2.45. The molecule has 0 aromatic carbocycles. The van der Waals surface area contributed by atoms with Crippen LogP contribution in [0.3, 0.4) is 0 Å². The molecule has 0 fully saturated rings. The summed E-state index contributed by atoms with van der Waals surface area (Å²) in [6, 6.07) is -0.0250. The van der Waals surface area contributed by atoms with Gasteiger partial charge in [0.1, 0.15) is 11.9 Å². The third-order valence-corrected chi connectivity index (χ3v) is 2.86. The van der Waals surface area contributed by atoms with Crippen LogP contribution in [0, 0.1) is 5.92 Å². The van der Waals surface area contributed by atoms with Crippen LogP contribution < -0.4 is 11.1 Å². The Hall–Kier alpha value is -1.31. The van der Waals surface area contributed by atoms with E-state index in [0.29, 0.717) is 0 Å². The van der Waals surface area contributed by atoms with Crippen molar-refractivity contribution < 1.29 is 18.0 Å². The van der Waals surface area contributed by atoms with Gasteiger partial charge in [0.15, 0.2) is 0 Å². The molecule has 1 amide bonds. The Morgan fingerprint density at radius 1 is 1.47 bits per heavy atom. The number of hydrogen-bond donors (Lipinski definition) is 2. The van der Waals surface area contributed by atoms with Crippen LogP contribution in [-0.4, -0.2) is 16.9 Å². The number of anilines is 1. The molecule has 1 unspecified atom stereocenters. The number of pyridine rings is 1. The summed E-state index contributed by atoms with van der Waals surface area (Å²) in [5.41, 5.74) is 4.20. The van der Waals surface area contributed by atoms with Crippen molar-refractivity contribution in [2.45, 2.75) is 26.1 Å². The standard InChI is InChI=1S/C11H13BrF3N3O/c1-5(2)8(9(16)19)18-10-7(11(13,14)15)3-6(12)4-17-10/h3-5,8H,1-2H3,(H2,16,19)(H,17,18). The second-order valence-corrected chi connectivity index (χ2v) is 5.23. The van der Waals surface area contributed by atoms with Crippen molar-refractivity contribution in [3.8, 4) is 0 Å². The number of aromatic nitrogens is 1. The molecule has 1 heterocycles. The van der Waals surface area contributed by atoms with Gasteiger partial charge in [0, 0.05) is 10.7 Å². The second-order valence-electron chi connectivity index (χ2n) is 4.32. The smallest absolute Gasteiger partial charge is 0.368 e. The second kappa shape index (κ2) is 5.77. The molecular weight excluding hydrogens is 327 g/mol. The number of halogens is 4. The van der Waals surface area contributed by atoms with E-state index in [1.54, 1.807) is 13.8 Å². The van der Waals surface area contributed by atoms with E-state index in [1.165, 1.54) is 6.20 Å². The van der Waals surface area contributed by atoms with Gasteiger partial charge in [-0.2, -0.15) is 13.2 Å². The number of rotatable bonds is 4. The number of carbonyl (C=O) groups excluding carboxylic acids is 1. The molecule has 1 aromatic rings. The lowest BCUT2D eigenvalue weighted by molar-refractivity contribution is -0.137. The quantitative estimate of drug-likeness (QED) is 0.886. The van der Waals surface area contributed by atoms with Crippen LogP contribution in [0.2, 0.25) is 0 Å². The van der Waals surface area contributed by atoms with Crippen LogP contribution in [0.4, 0.5) is 19.0 Å². The highest BCUT2D eigenvalue weighted by Gasteiger charge is 2.36. The Kier molecular flexibility index (Phi) is 4.78. The molecule has 0 aliphatic carbocycles. The zero-order valence-electron chi connectivity index (χ0n) is 10.3. The summed E-state index contributed by atoms with van der Waals surface area (Å²) < 4.78 is 38.8. The van der Waals surface area contributed by atoms with Crippen molar-refractivity contribution in [3.63, 3.8) is 0 Å². The maximum Gasteiger partial charge on any atom is 0.419 e. The minimum absolute atomic E-state index is 0.200. The van der Waals surface area contributed by atoms with E-state index in [-0.39, 0.29) is 10.4 Å². The number of nitrogens with two attached hydrogens (primary N) is 1. The number of nitrogens with one attached hydrogen (secondary N) is 1. The largest absolute Gasteiger partial charge is 0.419 e. The van der Waals surface area contributed by atoms with Crippen LogP contribution in [0.15, 0.2) is 16.7 Å². The molecular formula is C11H13BrF3N3O. The van der Waals surface area contributed by atoms with Gasteiger partial charge in [0.2, 0.25) is 5.91 Å². The molecule has 8 heteroatoms. The van der Waals surface area contributed by atoms with Crippen molar-refractivity contribution >= 4 is 27.7 Å². The minimum atomic E-state index is -4.57. The number of hydrogen-bond acceptors (Lipinski definition) is 3. The fraction of sp³-hybridized carbons (Fsp3) is 0.455. The zero-order valence-corrected chi connectivity index (χ0v) is 11.8. The number of alkyl halides is 3. The summed E-state index contributed by atoms with van der Waals surface area (Å²) in [7, 11) is 0. The summed E-state index contributed by atoms with van der Waals surface area (Å²) >= 11 is 2.93. The first-order valence-electron chi connectivity index (χ1n) is 5.41. The predicted octanol–water partition coefficient (Wildman–Crippen LogP) is 2.78. The average Bonchev–Trinajstić information content (AvgIpc) is 2.24. The lowest BCUT2D eigenvalue weighted by Gasteiger charge is -2.22. The molecule has 0 bridgehead atoms. The maximum atomic E-state index is 12.9. The molecule has 4 nitrogen and oxygen atoms in total. The highest BCUT2D eigenvalue weighted by Crippen LogP contribution is 2.35. The van der Waals surface area contributed by atoms with E-state index >= 15 is 0 Å². The van der Waals surface area contributed by atoms with Crippen LogP contribution in [0.5, 0.6) is 0 Å². The van der Waals surface area contributed by atoms with Crippen LogP contribution >= 0.6 is 15.9 Å². The topological polar surface area (TPSA) is 68.0 Å². The van der Waals surface area contributed by atoms with Gasteiger partial charge in [0.25, 0.3) is 0 Å². The molecule has 0 aliphatic rings. The molecule has 0 radical (unpaired) electrons. The lowest BCUT2D eigenvalue weighted by Crippen LogP contribution is -2.40. The summed E-state index contributed by atoms with van der Waals surface area (Å²) in [5.74, 6) is -1.40. The Labute approximate surface area is 116 Å². The molecule has 1 aromatic heterocycles. The number of carbonyl (C=O) groups is 1. The molecule has 1 atom stereocenters. The Bertz CT molecular complexity index is 477. The van der Waals surface area contributed by atoms with Crippen molar-refractivity contribution in [3.05, 3.63) is 22.3 Å². The minimum Gasteiger partial charge on any atom is -0.368 e. The monoisotopic (exact) mass is 339 g/mol. The molecule has 0 aliphatic heterocycles. The van der Waals surface area contributed by atoms with Crippen LogP contribution in [0.1, 0.15) is 19.4 Å². The molecule has 0 saturated carbocycles. The van der Waals surface area contributed by atoms with E-state index in [0.717, 1.165) is 6.07 Å². The molecule has 0 spiro atoms. The fourth-order valence-corrected chi connectivity index (χ4v) is 1.82. The van der Waals surface area contributed by atoms with Gasteiger partial charge in [0.05, 0.1) is 5.56 Å². The van der Waals surface area contributed by atoms with Gasteiger partial charge in [-0.05, 0) is 27.9 Å². The van der Waals surface area contributed by atoms with Gasteiger partial charge in [-0.1, -0.05) is 13.8 Å². The zero-order chi connectivity index (χ0) is 14.8. The third kappa shape index (κ3) is 4.09. The maximum absolute atomic E-state index is 12.9. The third-order valence-electron chi connectivity index (χ3n) is 2.43. The Morgan fingerprint density at radius 2 is 2.05 bits per heavy atom. The molecule has 106 valence electrons. The van der Waals surface area contributed by atoms with E-state index < -0.39 is 29.5 Å². The molecule has 1 rings (SSSR count). The first kappa shape index (κ1) is 15.7. The summed E-state index contributed by atoms with van der Waals surface area (Å²) in [6.07, 6.45) is -3.35. The first-order valence-corrected chi connectivity index (χ1v) is 6.20. The molecule has 19 heavy (non-hydrogen) atoms. The van der Waals surface area contributed by atoms with Crippen LogP contribution in [-0.2, 0) is 11.0 Å². The van der Waals surface area contributed by atoms with Gasteiger partial charge in [-0.15, -0.1) is 0 Å². The summed E-state index contributed by atoms with van der Waals surface area (Å²) in [6.45, 7) is 3.35. The SMILES string of the molecule is CC(C)C(Nc1ncc(Br)cc1C(F)(F)F)C(N)=O. The van der Waals surface area contributed by atoms with Gasteiger partial charge in [-0.3, -0.25) is 4.79 Å². The van der Waals surface area contributed by atoms with E-state index in [2.05, 4.69) is 26.2 Å². The van der Waals surface area contributed by atoms with Gasteiger partial charge < -0.3 is 11.1 Å². The number of amides is 1. The van der Waals surface area contributed by atoms with Gasteiger partial charge in [-0.25, -0.2) is 4.98 Å². The van der Waals surface area contributed by atoms with Gasteiger partial charge >= 0.3 is 6.18 Å². The summed E-state index contributed by atoms with van der Waals surface area (Å²) in [4.78, 5) is 14.9. The van der Waals surface area contributed by atoms with Crippen molar-refractivity contribution in [2.24, 2.45) is 11.7 Å². The van der Waals surface area contributed by atoms with Crippen molar-refractivity contribution in [1.82, 2.24) is 4.98 Å². The van der Waals surface area contributed by atoms with E-state index in [9.17, 15) is 18.0 Å². The average molecular weight is 340 g/mol. The van der Waals surface area contributed by atoms with Crippen molar-refractivity contribution in [1.29, 1.82) is 0 Å². The van der Waals surface area contributed by atoms with E-state index in [4.69, 9.17) is 5.73 Å². The Balaban J connectivity index is 3.17. The fourth-order valence-electron chi connectivity index (χ4n) is 1.48. The highest BCUT2D eigenvalue weighted by molar-refractivity contribution is 9.10. The first-order chi connectivity index (χ1) is 8.62. The normalized spacial score (nSPS) is 13.4. The Morgan fingerprint density at radius 3 is 2.47 bits per heavy atom. The van der Waals surface area contributed by atoms with E-state index in [1.807, 2.05) is 0 Å². The van der Waals surface area contributed by atoms with Crippen LogP contribution in [0.25, 0.3) is 0 Å². The predicted molar refractivity (Wildman–Crippen MR) is 68.4 cm³/mol. The van der Waals surface area contributed by atoms with Crippen molar-refractivity contribution in [2.75, 3.05) is 5.32 Å². The number of nitrogens with zero attached hydrogens (tertiary/aromatic N) is 1. The molecule has 0 saturated heterocycles. The number of primary amides is 1.